The molecule has 1 aliphatic rings. The zero-order valence-electron chi connectivity index (χ0n) is 13.8. The number of anilines is 1. The molecule has 2 amide bonds. The lowest BCUT2D eigenvalue weighted by Crippen LogP contribution is -2.25. The Balaban J connectivity index is 1.38. The standard InChI is InChI=1S/C17H16N6O2S/c24-15(10-23-21-16(20-22-23)14-5-2-8-26-14)18-13-4-1-3-11(9-13)17(25)19-12-6-7-12/h1-5,8-9,12H,6-7,10H2,(H,18,24)(H,19,25). The van der Waals surface area contributed by atoms with Crippen molar-refractivity contribution in [1.29, 1.82) is 0 Å². The first-order valence-corrected chi connectivity index (χ1v) is 9.08. The number of amides is 2. The largest absolute Gasteiger partial charge is 0.349 e. The highest BCUT2D eigenvalue weighted by Gasteiger charge is 2.23. The van der Waals surface area contributed by atoms with E-state index >= 15 is 0 Å². The zero-order chi connectivity index (χ0) is 17.9. The molecule has 0 bridgehead atoms. The van der Waals surface area contributed by atoms with E-state index in [2.05, 4.69) is 26.0 Å². The van der Waals surface area contributed by atoms with Gasteiger partial charge in [0.05, 0.1) is 4.88 Å². The van der Waals surface area contributed by atoms with Gasteiger partial charge in [-0.2, -0.15) is 4.80 Å². The number of carbonyl (C=O) groups is 2. The lowest BCUT2D eigenvalue weighted by molar-refractivity contribution is -0.117. The zero-order valence-corrected chi connectivity index (χ0v) is 14.6. The Hall–Kier alpha value is -3.07. The molecule has 132 valence electrons. The third kappa shape index (κ3) is 3.94. The maximum absolute atomic E-state index is 12.2. The molecule has 2 N–H and O–H groups in total. The van der Waals surface area contributed by atoms with Crippen LogP contribution in [0, 0.1) is 0 Å². The maximum atomic E-state index is 12.2. The van der Waals surface area contributed by atoms with Crippen LogP contribution in [-0.2, 0) is 11.3 Å². The van der Waals surface area contributed by atoms with Crippen molar-refractivity contribution in [1.82, 2.24) is 25.5 Å². The maximum Gasteiger partial charge on any atom is 0.251 e. The van der Waals surface area contributed by atoms with Crippen molar-refractivity contribution in [2.24, 2.45) is 0 Å². The summed E-state index contributed by atoms with van der Waals surface area (Å²) in [7, 11) is 0. The molecule has 4 rings (SSSR count). The van der Waals surface area contributed by atoms with Crippen molar-refractivity contribution in [3.8, 4) is 10.7 Å². The summed E-state index contributed by atoms with van der Waals surface area (Å²) in [5.41, 5.74) is 1.07. The number of thiophene rings is 1. The van der Waals surface area contributed by atoms with Gasteiger partial charge in [-0.05, 0) is 47.7 Å². The van der Waals surface area contributed by atoms with Gasteiger partial charge in [-0.1, -0.05) is 12.1 Å². The molecule has 8 nitrogen and oxygen atoms in total. The fraction of sp³-hybridized carbons (Fsp3) is 0.235. The predicted molar refractivity (Wildman–Crippen MR) is 96.7 cm³/mol. The van der Waals surface area contributed by atoms with Gasteiger partial charge in [0.2, 0.25) is 11.7 Å². The molecule has 0 atom stereocenters. The SMILES string of the molecule is O=C(Cn1nnc(-c2cccs2)n1)Nc1cccc(C(=O)NC2CC2)c1. The highest BCUT2D eigenvalue weighted by atomic mass is 32.1. The molecule has 1 aliphatic carbocycles. The Labute approximate surface area is 153 Å². The van der Waals surface area contributed by atoms with E-state index < -0.39 is 0 Å². The molecule has 2 aromatic heterocycles. The van der Waals surface area contributed by atoms with Gasteiger partial charge in [0.25, 0.3) is 5.91 Å². The lowest BCUT2D eigenvalue weighted by atomic mass is 10.2. The van der Waals surface area contributed by atoms with Crippen LogP contribution in [0.1, 0.15) is 23.2 Å². The topological polar surface area (TPSA) is 102 Å². The van der Waals surface area contributed by atoms with Crippen LogP contribution in [0.2, 0.25) is 0 Å². The molecule has 0 radical (unpaired) electrons. The Morgan fingerprint density at radius 1 is 1.23 bits per heavy atom. The van der Waals surface area contributed by atoms with E-state index in [1.54, 1.807) is 24.3 Å². The second kappa shape index (κ2) is 7.04. The predicted octanol–water partition coefficient (Wildman–Crippen LogP) is 1.93. The molecule has 0 spiro atoms. The summed E-state index contributed by atoms with van der Waals surface area (Å²) in [6.45, 7) is -0.0587. The van der Waals surface area contributed by atoms with Gasteiger partial charge in [0.1, 0.15) is 6.54 Å². The molecule has 0 aliphatic heterocycles. The van der Waals surface area contributed by atoms with Crippen LogP contribution in [0.4, 0.5) is 5.69 Å². The fourth-order valence-corrected chi connectivity index (χ4v) is 3.03. The van der Waals surface area contributed by atoms with Crippen LogP contribution in [0.15, 0.2) is 41.8 Å². The molecular weight excluding hydrogens is 352 g/mol. The summed E-state index contributed by atoms with van der Waals surface area (Å²) in [4.78, 5) is 26.4. The van der Waals surface area contributed by atoms with Gasteiger partial charge in [-0.25, -0.2) is 0 Å². The van der Waals surface area contributed by atoms with Crippen molar-refractivity contribution in [2.75, 3.05) is 5.32 Å². The Morgan fingerprint density at radius 2 is 2.12 bits per heavy atom. The van der Waals surface area contributed by atoms with Crippen LogP contribution in [0.5, 0.6) is 0 Å². The van der Waals surface area contributed by atoms with Gasteiger partial charge in [0.15, 0.2) is 0 Å². The highest BCUT2D eigenvalue weighted by Crippen LogP contribution is 2.20. The summed E-state index contributed by atoms with van der Waals surface area (Å²) in [5.74, 6) is 0.0774. The number of tetrazole rings is 1. The number of carbonyl (C=O) groups excluding carboxylic acids is 2. The molecule has 2 heterocycles. The summed E-state index contributed by atoms with van der Waals surface area (Å²) in [6.07, 6.45) is 2.06. The van der Waals surface area contributed by atoms with Crippen molar-refractivity contribution in [2.45, 2.75) is 25.4 Å². The molecule has 0 unspecified atom stereocenters. The van der Waals surface area contributed by atoms with E-state index in [0.717, 1.165) is 17.7 Å². The molecular formula is C17H16N6O2S. The van der Waals surface area contributed by atoms with Gasteiger partial charge in [0, 0.05) is 17.3 Å². The number of rotatable bonds is 6. The number of nitrogens with one attached hydrogen (secondary N) is 2. The molecule has 1 fully saturated rings. The summed E-state index contributed by atoms with van der Waals surface area (Å²) >= 11 is 1.51. The van der Waals surface area contributed by atoms with E-state index in [1.807, 2.05) is 17.5 Å². The summed E-state index contributed by atoms with van der Waals surface area (Å²) in [6, 6.07) is 10.9. The van der Waals surface area contributed by atoms with E-state index in [-0.39, 0.29) is 24.4 Å². The van der Waals surface area contributed by atoms with Crippen LogP contribution >= 0.6 is 11.3 Å². The fourth-order valence-electron chi connectivity index (χ4n) is 2.38. The second-order valence-electron chi connectivity index (χ2n) is 6.00. The van der Waals surface area contributed by atoms with Gasteiger partial charge in [-0.3, -0.25) is 9.59 Å². The third-order valence-electron chi connectivity index (χ3n) is 3.80. The monoisotopic (exact) mass is 368 g/mol. The van der Waals surface area contributed by atoms with Crippen molar-refractivity contribution >= 4 is 28.8 Å². The smallest absolute Gasteiger partial charge is 0.251 e. The minimum Gasteiger partial charge on any atom is -0.349 e. The molecule has 1 aromatic carbocycles. The molecule has 1 saturated carbocycles. The van der Waals surface area contributed by atoms with E-state index in [4.69, 9.17) is 0 Å². The normalized spacial score (nSPS) is 13.4. The van der Waals surface area contributed by atoms with Crippen LogP contribution in [0.3, 0.4) is 0 Å². The first-order chi connectivity index (χ1) is 12.7. The average molecular weight is 368 g/mol. The number of hydrogen-bond acceptors (Lipinski definition) is 6. The Kier molecular flexibility index (Phi) is 4.44. The first kappa shape index (κ1) is 16.4. The number of nitrogens with zero attached hydrogens (tertiary/aromatic N) is 4. The highest BCUT2D eigenvalue weighted by molar-refractivity contribution is 7.13. The van der Waals surface area contributed by atoms with E-state index in [1.165, 1.54) is 16.1 Å². The van der Waals surface area contributed by atoms with Gasteiger partial charge < -0.3 is 10.6 Å². The third-order valence-corrected chi connectivity index (χ3v) is 4.67. The molecule has 0 saturated heterocycles. The Bertz CT molecular complexity index is 932. The lowest BCUT2D eigenvalue weighted by Gasteiger charge is -2.07. The minimum atomic E-state index is -0.292. The number of aromatic nitrogens is 4. The summed E-state index contributed by atoms with van der Waals surface area (Å²) in [5, 5.41) is 19.6. The Morgan fingerprint density at radius 3 is 2.88 bits per heavy atom. The van der Waals surface area contributed by atoms with Crippen molar-refractivity contribution in [3.05, 3.63) is 47.3 Å². The van der Waals surface area contributed by atoms with Crippen LogP contribution in [0.25, 0.3) is 10.7 Å². The van der Waals surface area contributed by atoms with Gasteiger partial charge in [-0.15, -0.1) is 21.5 Å². The number of hydrogen-bond donors (Lipinski definition) is 2. The van der Waals surface area contributed by atoms with Crippen molar-refractivity contribution < 1.29 is 9.59 Å². The second-order valence-corrected chi connectivity index (χ2v) is 6.95. The first-order valence-electron chi connectivity index (χ1n) is 8.20. The van der Waals surface area contributed by atoms with Crippen molar-refractivity contribution in [3.63, 3.8) is 0 Å². The molecule has 26 heavy (non-hydrogen) atoms. The average Bonchev–Trinajstić information content (AvgIpc) is 3.10. The minimum absolute atomic E-state index is 0.0587. The van der Waals surface area contributed by atoms with Crippen LogP contribution < -0.4 is 10.6 Å². The van der Waals surface area contributed by atoms with Crippen LogP contribution in [-0.4, -0.2) is 38.1 Å². The van der Waals surface area contributed by atoms with Gasteiger partial charge >= 0.3 is 0 Å². The summed E-state index contributed by atoms with van der Waals surface area (Å²) < 4.78 is 0. The quantitative estimate of drug-likeness (QED) is 0.692. The number of benzene rings is 1. The van der Waals surface area contributed by atoms with E-state index in [9.17, 15) is 9.59 Å². The molecule has 3 aromatic rings. The molecule has 9 heteroatoms. The van der Waals surface area contributed by atoms with E-state index in [0.29, 0.717) is 17.1 Å².